The highest BCUT2D eigenvalue weighted by molar-refractivity contribution is 5.90. The summed E-state index contributed by atoms with van der Waals surface area (Å²) < 4.78 is 17.2. The number of likely N-dealkylation sites (N-methyl/N-ethyl adjacent to an activating group) is 1. The second kappa shape index (κ2) is 9.06. The minimum absolute atomic E-state index is 0.139. The monoisotopic (exact) mass is 348 g/mol. The first-order valence-corrected chi connectivity index (χ1v) is 9.19. The van der Waals surface area contributed by atoms with Gasteiger partial charge in [0.1, 0.15) is 12.4 Å². The van der Waals surface area contributed by atoms with Crippen LogP contribution in [0.4, 0.5) is 10.5 Å². The van der Waals surface area contributed by atoms with Crippen molar-refractivity contribution in [2.45, 2.75) is 44.3 Å². The number of ether oxygens (including phenoxy) is 3. The number of benzene rings is 1. The zero-order valence-corrected chi connectivity index (χ0v) is 14.9. The summed E-state index contributed by atoms with van der Waals surface area (Å²) in [5.74, 6) is 0.676. The molecule has 0 unspecified atom stereocenters. The topological polar surface area (TPSA) is 60.0 Å². The molecule has 2 aliphatic rings. The lowest BCUT2D eigenvalue weighted by molar-refractivity contribution is -0.0109. The summed E-state index contributed by atoms with van der Waals surface area (Å²) in [5.41, 5.74) is 0.683. The van der Waals surface area contributed by atoms with Crippen LogP contribution in [0.5, 0.6) is 5.75 Å². The van der Waals surface area contributed by atoms with Gasteiger partial charge in [0.05, 0.1) is 17.9 Å². The van der Waals surface area contributed by atoms with Gasteiger partial charge < -0.3 is 24.4 Å². The van der Waals surface area contributed by atoms with E-state index in [1.54, 1.807) is 11.9 Å². The predicted molar refractivity (Wildman–Crippen MR) is 96.2 cm³/mol. The third kappa shape index (κ3) is 5.34. The van der Waals surface area contributed by atoms with Crippen molar-refractivity contribution in [1.82, 2.24) is 4.90 Å². The van der Waals surface area contributed by atoms with Gasteiger partial charge >= 0.3 is 6.03 Å². The van der Waals surface area contributed by atoms with Gasteiger partial charge in [0, 0.05) is 26.8 Å². The number of anilines is 1. The SMILES string of the molecule is CN(C[C@H]1CCCO1)C(=O)Nc1ccccc1OC[C@H]1CCCCO1. The molecule has 6 nitrogen and oxygen atoms in total. The molecule has 2 aliphatic heterocycles. The fourth-order valence-electron chi connectivity index (χ4n) is 3.20. The average Bonchev–Trinajstić information content (AvgIpc) is 3.15. The Kier molecular flexibility index (Phi) is 6.53. The highest BCUT2D eigenvalue weighted by Crippen LogP contribution is 2.25. The molecule has 1 N–H and O–H groups in total. The van der Waals surface area contributed by atoms with E-state index in [1.165, 1.54) is 6.42 Å². The first kappa shape index (κ1) is 18.0. The average molecular weight is 348 g/mol. The van der Waals surface area contributed by atoms with Crippen LogP contribution in [0.25, 0.3) is 0 Å². The molecule has 0 aliphatic carbocycles. The second-order valence-electron chi connectivity index (χ2n) is 6.74. The summed E-state index contributed by atoms with van der Waals surface area (Å²) in [6.45, 7) is 2.71. The summed E-state index contributed by atoms with van der Waals surface area (Å²) >= 11 is 0. The van der Waals surface area contributed by atoms with E-state index in [4.69, 9.17) is 14.2 Å². The van der Waals surface area contributed by atoms with E-state index in [0.717, 1.165) is 38.9 Å². The number of para-hydroxylation sites is 2. The summed E-state index contributed by atoms with van der Waals surface area (Å²) in [7, 11) is 1.79. The molecule has 2 amide bonds. The molecule has 25 heavy (non-hydrogen) atoms. The molecule has 2 fully saturated rings. The van der Waals surface area contributed by atoms with Crippen molar-refractivity contribution in [3.8, 4) is 5.75 Å². The minimum atomic E-state index is -0.152. The summed E-state index contributed by atoms with van der Waals surface area (Å²) in [6.07, 6.45) is 5.70. The predicted octanol–water partition coefficient (Wildman–Crippen LogP) is 3.28. The number of hydrogen-bond acceptors (Lipinski definition) is 4. The van der Waals surface area contributed by atoms with Gasteiger partial charge in [0.15, 0.2) is 0 Å². The van der Waals surface area contributed by atoms with Crippen molar-refractivity contribution in [3.05, 3.63) is 24.3 Å². The van der Waals surface area contributed by atoms with Crippen LogP contribution in [0.3, 0.4) is 0 Å². The van der Waals surface area contributed by atoms with Crippen molar-refractivity contribution >= 4 is 11.7 Å². The Labute approximate surface area is 149 Å². The third-order valence-corrected chi connectivity index (χ3v) is 4.68. The molecule has 3 rings (SSSR count). The number of carbonyl (C=O) groups is 1. The molecule has 0 saturated carbocycles. The third-order valence-electron chi connectivity index (χ3n) is 4.68. The molecule has 0 aromatic heterocycles. The van der Waals surface area contributed by atoms with E-state index in [2.05, 4.69) is 5.32 Å². The maximum atomic E-state index is 12.4. The van der Waals surface area contributed by atoms with E-state index in [9.17, 15) is 4.79 Å². The lowest BCUT2D eigenvalue weighted by Crippen LogP contribution is -2.37. The number of rotatable bonds is 6. The molecular formula is C19H28N2O4. The lowest BCUT2D eigenvalue weighted by atomic mass is 10.1. The Morgan fingerprint density at radius 2 is 1.92 bits per heavy atom. The number of urea groups is 1. The van der Waals surface area contributed by atoms with Crippen LogP contribution in [0.2, 0.25) is 0 Å². The second-order valence-corrected chi connectivity index (χ2v) is 6.74. The lowest BCUT2D eigenvalue weighted by Gasteiger charge is -2.24. The van der Waals surface area contributed by atoms with Crippen LogP contribution < -0.4 is 10.1 Å². The van der Waals surface area contributed by atoms with Crippen LogP contribution in [0, 0.1) is 0 Å². The highest BCUT2D eigenvalue weighted by atomic mass is 16.5. The molecule has 1 aromatic carbocycles. The minimum Gasteiger partial charge on any atom is -0.489 e. The van der Waals surface area contributed by atoms with Gasteiger partial charge in [0.25, 0.3) is 0 Å². The largest absolute Gasteiger partial charge is 0.489 e. The standard InChI is InChI=1S/C19H28N2O4/c1-21(13-15-8-6-12-23-15)19(22)20-17-9-2-3-10-18(17)25-14-16-7-4-5-11-24-16/h2-3,9-10,15-16H,4-8,11-14H2,1H3,(H,20,22)/t15-,16-/m1/s1. The van der Waals surface area contributed by atoms with Gasteiger partial charge in [-0.3, -0.25) is 0 Å². The van der Waals surface area contributed by atoms with Crippen LogP contribution in [-0.2, 0) is 9.47 Å². The molecule has 2 saturated heterocycles. The highest BCUT2D eigenvalue weighted by Gasteiger charge is 2.21. The van der Waals surface area contributed by atoms with Gasteiger partial charge in [-0.15, -0.1) is 0 Å². The summed E-state index contributed by atoms with van der Waals surface area (Å²) in [6, 6.07) is 7.37. The fraction of sp³-hybridized carbons (Fsp3) is 0.632. The molecule has 0 radical (unpaired) electrons. The fourth-order valence-corrected chi connectivity index (χ4v) is 3.20. The molecule has 2 atom stereocenters. The Bertz CT molecular complexity index is 554. The van der Waals surface area contributed by atoms with E-state index in [1.807, 2.05) is 24.3 Å². The maximum Gasteiger partial charge on any atom is 0.321 e. The van der Waals surface area contributed by atoms with E-state index < -0.39 is 0 Å². The summed E-state index contributed by atoms with van der Waals surface area (Å²) in [4.78, 5) is 14.1. The van der Waals surface area contributed by atoms with E-state index >= 15 is 0 Å². The van der Waals surface area contributed by atoms with Crippen molar-refractivity contribution in [2.75, 3.05) is 38.7 Å². The Morgan fingerprint density at radius 3 is 2.68 bits per heavy atom. The van der Waals surface area contributed by atoms with Crippen LogP contribution >= 0.6 is 0 Å². The van der Waals surface area contributed by atoms with Crippen LogP contribution in [0.1, 0.15) is 32.1 Å². The van der Waals surface area contributed by atoms with Gasteiger partial charge in [-0.1, -0.05) is 12.1 Å². The normalized spacial score (nSPS) is 23.2. The number of carbonyl (C=O) groups excluding carboxylic acids is 1. The molecule has 1 aromatic rings. The smallest absolute Gasteiger partial charge is 0.321 e. The van der Waals surface area contributed by atoms with Gasteiger partial charge in [-0.25, -0.2) is 4.79 Å². The maximum absolute atomic E-state index is 12.4. The number of hydrogen-bond donors (Lipinski definition) is 1. The molecule has 0 bridgehead atoms. The zero-order chi connectivity index (χ0) is 17.5. The molecule has 0 spiro atoms. The van der Waals surface area contributed by atoms with E-state index in [0.29, 0.717) is 24.6 Å². The molecule has 2 heterocycles. The Morgan fingerprint density at radius 1 is 1.16 bits per heavy atom. The Hall–Kier alpha value is -1.79. The molecule has 6 heteroatoms. The van der Waals surface area contributed by atoms with Crippen molar-refractivity contribution < 1.29 is 19.0 Å². The van der Waals surface area contributed by atoms with Gasteiger partial charge in [-0.2, -0.15) is 0 Å². The first-order valence-electron chi connectivity index (χ1n) is 9.19. The van der Waals surface area contributed by atoms with Crippen molar-refractivity contribution in [3.63, 3.8) is 0 Å². The van der Waals surface area contributed by atoms with Gasteiger partial charge in [-0.05, 0) is 44.2 Å². The van der Waals surface area contributed by atoms with Crippen LogP contribution in [0.15, 0.2) is 24.3 Å². The number of nitrogens with zero attached hydrogens (tertiary/aromatic N) is 1. The number of amides is 2. The molecular weight excluding hydrogens is 320 g/mol. The van der Waals surface area contributed by atoms with Crippen molar-refractivity contribution in [1.29, 1.82) is 0 Å². The summed E-state index contributed by atoms with van der Waals surface area (Å²) in [5, 5.41) is 2.94. The quantitative estimate of drug-likeness (QED) is 0.857. The van der Waals surface area contributed by atoms with E-state index in [-0.39, 0.29) is 18.2 Å². The van der Waals surface area contributed by atoms with Crippen LogP contribution in [-0.4, -0.2) is 56.6 Å². The van der Waals surface area contributed by atoms with Crippen molar-refractivity contribution in [2.24, 2.45) is 0 Å². The number of nitrogens with one attached hydrogen (secondary N) is 1. The molecule has 138 valence electrons. The first-order chi connectivity index (χ1) is 12.2. The Balaban J connectivity index is 1.53. The zero-order valence-electron chi connectivity index (χ0n) is 14.9. The van der Waals surface area contributed by atoms with Gasteiger partial charge in [0.2, 0.25) is 0 Å².